The number of nitrogens with zero attached hydrogens (tertiary/aromatic N) is 4. The van der Waals surface area contributed by atoms with Crippen molar-refractivity contribution < 1.29 is 4.74 Å². The van der Waals surface area contributed by atoms with E-state index in [1.54, 1.807) is 11.3 Å². The summed E-state index contributed by atoms with van der Waals surface area (Å²) in [5.41, 5.74) is 6.36. The van der Waals surface area contributed by atoms with Crippen molar-refractivity contribution >= 4 is 33.2 Å². The highest BCUT2D eigenvalue weighted by Crippen LogP contribution is 2.37. The SMILES string of the molecule is Cc1ncccc1-c1csc2cnc(Nc3ccc(C4CCN(C)CC4)cc3OC(C)C)nc12. The van der Waals surface area contributed by atoms with E-state index in [9.17, 15) is 0 Å². The van der Waals surface area contributed by atoms with Gasteiger partial charge in [-0.05, 0) is 83.4 Å². The Kier molecular flexibility index (Phi) is 6.48. The molecule has 5 rings (SSSR count). The minimum Gasteiger partial charge on any atom is -0.489 e. The van der Waals surface area contributed by atoms with Crippen LogP contribution in [0.3, 0.4) is 0 Å². The lowest BCUT2D eigenvalue weighted by Crippen LogP contribution is -2.29. The molecular formula is C27H31N5OS. The minimum atomic E-state index is 0.0775. The molecule has 0 unspecified atom stereocenters. The second-order valence-electron chi connectivity index (χ2n) is 9.32. The lowest BCUT2D eigenvalue weighted by Gasteiger charge is -2.29. The average molecular weight is 474 g/mol. The van der Waals surface area contributed by atoms with Gasteiger partial charge in [0.2, 0.25) is 5.95 Å². The number of rotatable bonds is 6. The van der Waals surface area contributed by atoms with Crippen LogP contribution < -0.4 is 10.1 Å². The van der Waals surface area contributed by atoms with Gasteiger partial charge in [-0.25, -0.2) is 9.97 Å². The van der Waals surface area contributed by atoms with Crippen LogP contribution in [0.15, 0.2) is 48.1 Å². The number of aryl methyl sites for hydroxylation is 1. The van der Waals surface area contributed by atoms with Gasteiger partial charge in [0.1, 0.15) is 5.75 Å². The number of aromatic nitrogens is 3. The molecule has 4 aromatic rings. The quantitative estimate of drug-likeness (QED) is 0.349. The third-order valence-corrected chi connectivity index (χ3v) is 7.32. The Bertz CT molecular complexity index is 1290. The highest BCUT2D eigenvalue weighted by molar-refractivity contribution is 7.17. The first-order valence-electron chi connectivity index (χ1n) is 11.9. The fraction of sp³-hybridized carbons (Fsp3) is 0.370. The van der Waals surface area contributed by atoms with Crippen LogP contribution in [0, 0.1) is 6.92 Å². The molecule has 0 aliphatic carbocycles. The molecule has 6 nitrogen and oxygen atoms in total. The topological polar surface area (TPSA) is 63.2 Å². The van der Waals surface area contributed by atoms with Gasteiger partial charge in [-0.1, -0.05) is 12.1 Å². The van der Waals surface area contributed by atoms with Crippen LogP contribution in [-0.4, -0.2) is 46.1 Å². The molecular weight excluding hydrogens is 442 g/mol. The smallest absolute Gasteiger partial charge is 0.227 e. The summed E-state index contributed by atoms with van der Waals surface area (Å²) in [6.45, 7) is 8.42. The van der Waals surface area contributed by atoms with Crippen LogP contribution in [-0.2, 0) is 0 Å². The Hall–Kier alpha value is -3.03. The fourth-order valence-corrected chi connectivity index (χ4v) is 5.42. The average Bonchev–Trinajstić information content (AvgIpc) is 3.24. The number of nitrogens with one attached hydrogen (secondary N) is 1. The van der Waals surface area contributed by atoms with E-state index in [0.717, 1.165) is 51.6 Å². The summed E-state index contributed by atoms with van der Waals surface area (Å²) in [7, 11) is 2.20. The lowest BCUT2D eigenvalue weighted by atomic mass is 9.89. The van der Waals surface area contributed by atoms with Crippen molar-refractivity contribution in [2.45, 2.75) is 45.6 Å². The Morgan fingerprint density at radius 2 is 1.94 bits per heavy atom. The molecule has 4 heterocycles. The molecule has 1 aliphatic rings. The summed E-state index contributed by atoms with van der Waals surface area (Å²) >= 11 is 1.65. The second-order valence-corrected chi connectivity index (χ2v) is 10.2. The highest BCUT2D eigenvalue weighted by Gasteiger charge is 2.20. The van der Waals surface area contributed by atoms with Crippen LogP contribution in [0.5, 0.6) is 5.75 Å². The van der Waals surface area contributed by atoms with Crippen LogP contribution in [0.4, 0.5) is 11.6 Å². The summed E-state index contributed by atoms with van der Waals surface area (Å²) in [6, 6.07) is 10.6. The van der Waals surface area contributed by atoms with Crippen molar-refractivity contribution in [3.05, 3.63) is 59.4 Å². The van der Waals surface area contributed by atoms with E-state index in [-0.39, 0.29) is 6.10 Å². The Morgan fingerprint density at radius 3 is 2.71 bits per heavy atom. The number of thiophene rings is 1. The number of benzene rings is 1. The summed E-state index contributed by atoms with van der Waals surface area (Å²) in [5.74, 6) is 1.99. The predicted octanol–water partition coefficient (Wildman–Crippen LogP) is 6.40. The number of ether oxygens (including phenoxy) is 1. The number of fused-ring (bicyclic) bond motifs is 1. The summed E-state index contributed by atoms with van der Waals surface area (Å²) < 4.78 is 7.27. The number of hydrogen-bond acceptors (Lipinski definition) is 7. The maximum Gasteiger partial charge on any atom is 0.227 e. The number of hydrogen-bond donors (Lipinski definition) is 1. The largest absolute Gasteiger partial charge is 0.489 e. The van der Waals surface area contributed by atoms with E-state index >= 15 is 0 Å². The van der Waals surface area contributed by atoms with Gasteiger partial charge in [0.05, 0.1) is 28.2 Å². The molecule has 0 atom stereocenters. The van der Waals surface area contributed by atoms with Gasteiger partial charge in [-0.2, -0.15) is 0 Å². The van der Waals surface area contributed by atoms with Crippen LogP contribution >= 0.6 is 11.3 Å². The van der Waals surface area contributed by atoms with Crippen molar-refractivity contribution in [3.8, 4) is 16.9 Å². The van der Waals surface area contributed by atoms with Crippen molar-refractivity contribution in [2.75, 3.05) is 25.5 Å². The lowest BCUT2D eigenvalue weighted by molar-refractivity contribution is 0.241. The number of pyridine rings is 1. The number of piperidine rings is 1. The molecule has 1 fully saturated rings. The van der Waals surface area contributed by atoms with E-state index in [1.807, 2.05) is 25.4 Å². The first-order chi connectivity index (χ1) is 16.5. The maximum atomic E-state index is 6.22. The molecule has 1 aromatic carbocycles. The standard InChI is InChI=1S/C27H31N5OS/c1-17(2)33-24-14-20(19-9-12-32(4)13-10-19)7-8-23(24)30-27-29-15-25-26(31-27)22(16-34-25)21-6-5-11-28-18(21)3/h5-8,11,14-17,19H,9-10,12-13H2,1-4H3,(H,29,30,31). The van der Waals surface area contributed by atoms with Crippen molar-refractivity contribution in [1.82, 2.24) is 19.9 Å². The molecule has 0 spiro atoms. The Labute approximate surface area is 205 Å². The van der Waals surface area contributed by atoms with Gasteiger partial charge in [0.15, 0.2) is 0 Å². The Balaban J connectivity index is 1.46. The first-order valence-corrected chi connectivity index (χ1v) is 12.8. The molecule has 0 saturated carbocycles. The normalized spacial score (nSPS) is 15.2. The Morgan fingerprint density at radius 1 is 1.12 bits per heavy atom. The minimum absolute atomic E-state index is 0.0775. The van der Waals surface area contributed by atoms with E-state index < -0.39 is 0 Å². The first kappa shape index (κ1) is 22.7. The van der Waals surface area contributed by atoms with Crippen LogP contribution in [0.1, 0.15) is 43.9 Å². The van der Waals surface area contributed by atoms with E-state index in [0.29, 0.717) is 11.9 Å². The molecule has 176 valence electrons. The van der Waals surface area contributed by atoms with E-state index in [4.69, 9.17) is 9.72 Å². The van der Waals surface area contributed by atoms with Crippen LogP contribution in [0.25, 0.3) is 21.3 Å². The second kappa shape index (κ2) is 9.68. The monoisotopic (exact) mass is 473 g/mol. The van der Waals surface area contributed by atoms with Gasteiger partial charge in [-0.15, -0.1) is 11.3 Å². The summed E-state index contributed by atoms with van der Waals surface area (Å²) in [5, 5.41) is 5.56. The van der Waals surface area contributed by atoms with Gasteiger partial charge >= 0.3 is 0 Å². The molecule has 7 heteroatoms. The number of likely N-dealkylation sites (tertiary alicyclic amines) is 1. The molecule has 0 bridgehead atoms. The van der Waals surface area contributed by atoms with E-state index in [2.05, 4.69) is 70.7 Å². The maximum absolute atomic E-state index is 6.22. The molecule has 1 saturated heterocycles. The van der Waals surface area contributed by atoms with Crippen molar-refractivity contribution in [3.63, 3.8) is 0 Å². The van der Waals surface area contributed by atoms with Crippen molar-refractivity contribution in [2.24, 2.45) is 0 Å². The molecule has 3 aromatic heterocycles. The highest BCUT2D eigenvalue weighted by atomic mass is 32.1. The third kappa shape index (κ3) is 4.76. The molecule has 1 aliphatic heterocycles. The molecule has 0 radical (unpaired) electrons. The van der Waals surface area contributed by atoms with Gasteiger partial charge < -0.3 is 15.0 Å². The zero-order valence-electron chi connectivity index (χ0n) is 20.2. The zero-order chi connectivity index (χ0) is 23.7. The van der Waals surface area contributed by atoms with Crippen LogP contribution in [0.2, 0.25) is 0 Å². The van der Waals surface area contributed by atoms with Gasteiger partial charge in [0.25, 0.3) is 0 Å². The number of anilines is 2. The molecule has 1 N–H and O–H groups in total. The zero-order valence-corrected chi connectivity index (χ0v) is 21.0. The van der Waals surface area contributed by atoms with Crippen molar-refractivity contribution in [1.29, 1.82) is 0 Å². The molecule has 34 heavy (non-hydrogen) atoms. The summed E-state index contributed by atoms with van der Waals surface area (Å²) in [6.07, 6.45) is 6.15. The van der Waals surface area contributed by atoms with Gasteiger partial charge in [-0.3, -0.25) is 4.98 Å². The molecule has 0 amide bonds. The van der Waals surface area contributed by atoms with Gasteiger partial charge in [0, 0.05) is 28.4 Å². The fourth-order valence-electron chi connectivity index (χ4n) is 4.56. The van der Waals surface area contributed by atoms with E-state index in [1.165, 1.54) is 18.4 Å². The predicted molar refractivity (Wildman–Crippen MR) is 140 cm³/mol. The third-order valence-electron chi connectivity index (χ3n) is 6.42. The summed E-state index contributed by atoms with van der Waals surface area (Å²) in [4.78, 5) is 16.3.